The molecule has 11 heteroatoms. The zero-order valence-electron chi connectivity index (χ0n) is 18.1. The summed E-state index contributed by atoms with van der Waals surface area (Å²) in [7, 11) is -3.27. The van der Waals surface area contributed by atoms with E-state index in [0.29, 0.717) is 15.9 Å². The molecule has 31 heavy (non-hydrogen) atoms. The lowest BCUT2D eigenvalue weighted by molar-refractivity contribution is -0.122. The number of alkyl halides is 1. The van der Waals surface area contributed by atoms with Crippen molar-refractivity contribution in [3.05, 3.63) is 22.7 Å². The molecule has 0 N–H and O–H groups in total. The van der Waals surface area contributed by atoms with Crippen LogP contribution in [0.2, 0.25) is 0 Å². The van der Waals surface area contributed by atoms with Crippen molar-refractivity contribution in [2.45, 2.75) is 38.8 Å². The molecule has 1 unspecified atom stereocenters. The zero-order valence-corrected chi connectivity index (χ0v) is 20.5. The number of halogens is 2. The van der Waals surface area contributed by atoms with Gasteiger partial charge in [-0.25, -0.2) is 17.6 Å². The van der Waals surface area contributed by atoms with Crippen molar-refractivity contribution < 1.29 is 31.9 Å². The minimum absolute atomic E-state index is 0.0899. The molecule has 1 aliphatic heterocycles. The van der Waals surface area contributed by atoms with Gasteiger partial charge in [0.1, 0.15) is 41.0 Å². The Balaban J connectivity index is 2.31. The monoisotopic (exact) mass is 522 g/mol. The third-order valence-electron chi connectivity index (χ3n) is 4.40. The molecule has 1 aromatic rings. The average molecular weight is 523 g/mol. The van der Waals surface area contributed by atoms with Gasteiger partial charge >= 0.3 is 6.09 Å². The fraction of sp³-hybridized carbons (Fsp3) is 0.600. The van der Waals surface area contributed by atoms with Crippen LogP contribution < -0.4 is 9.64 Å². The number of carbonyl (C=O) groups excluding carboxylic acids is 2. The van der Waals surface area contributed by atoms with Crippen LogP contribution in [0.15, 0.2) is 22.7 Å². The zero-order chi connectivity index (χ0) is 23.4. The summed E-state index contributed by atoms with van der Waals surface area (Å²) in [4.78, 5) is 28.3. The fourth-order valence-electron chi connectivity index (χ4n) is 3.10. The minimum atomic E-state index is -3.27. The second kappa shape index (κ2) is 10.2. The van der Waals surface area contributed by atoms with Gasteiger partial charge in [0.15, 0.2) is 0 Å². The smallest absolute Gasteiger partial charge is 0.411 e. The Hall–Kier alpha value is -1.88. The molecule has 1 saturated heterocycles. The van der Waals surface area contributed by atoms with Crippen LogP contribution in [-0.4, -0.2) is 75.3 Å². The SMILES string of the molecule is CC(C)(C)OC(=O)N1CC(=O)N(c2cc(Br)cc(OCCF)c2)CC1CCS(C)(=O)=O. The number of hydrogen-bond acceptors (Lipinski definition) is 6. The number of ether oxygens (including phenoxy) is 2. The number of carbonyl (C=O) groups is 2. The minimum Gasteiger partial charge on any atom is -0.491 e. The summed E-state index contributed by atoms with van der Waals surface area (Å²) in [5, 5.41) is 0. The molecule has 1 aromatic carbocycles. The van der Waals surface area contributed by atoms with E-state index < -0.39 is 34.2 Å². The van der Waals surface area contributed by atoms with Gasteiger partial charge in [0.05, 0.1) is 11.8 Å². The van der Waals surface area contributed by atoms with E-state index in [1.165, 1.54) is 9.80 Å². The van der Waals surface area contributed by atoms with E-state index >= 15 is 0 Å². The van der Waals surface area contributed by atoms with Gasteiger partial charge in [0.2, 0.25) is 5.91 Å². The first-order chi connectivity index (χ1) is 14.3. The molecule has 0 aliphatic carbocycles. The Morgan fingerprint density at radius 1 is 1.29 bits per heavy atom. The van der Waals surface area contributed by atoms with E-state index in [1.807, 2.05) is 0 Å². The van der Waals surface area contributed by atoms with E-state index in [0.717, 1.165) is 6.26 Å². The quantitative estimate of drug-likeness (QED) is 0.545. The molecule has 2 rings (SSSR count). The number of anilines is 1. The molecular formula is C20H28BrFN2O6S. The van der Waals surface area contributed by atoms with E-state index in [-0.39, 0.29) is 37.8 Å². The first kappa shape index (κ1) is 25.4. The van der Waals surface area contributed by atoms with Crippen molar-refractivity contribution in [3.8, 4) is 5.75 Å². The summed E-state index contributed by atoms with van der Waals surface area (Å²) in [5.74, 6) is -0.101. The third-order valence-corrected chi connectivity index (χ3v) is 5.84. The highest BCUT2D eigenvalue weighted by molar-refractivity contribution is 9.10. The van der Waals surface area contributed by atoms with Crippen LogP contribution in [0.3, 0.4) is 0 Å². The molecular weight excluding hydrogens is 495 g/mol. The summed E-state index contributed by atoms with van der Waals surface area (Å²) in [6.07, 6.45) is 0.612. The maximum absolute atomic E-state index is 12.9. The molecule has 174 valence electrons. The highest BCUT2D eigenvalue weighted by atomic mass is 79.9. The van der Waals surface area contributed by atoms with Gasteiger partial charge in [-0.3, -0.25) is 9.69 Å². The second-order valence-electron chi connectivity index (χ2n) is 8.37. The summed E-state index contributed by atoms with van der Waals surface area (Å²) in [6.45, 7) is 4.22. The van der Waals surface area contributed by atoms with Crippen molar-refractivity contribution in [3.63, 3.8) is 0 Å². The molecule has 1 heterocycles. The number of benzene rings is 1. The molecule has 1 aliphatic rings. The van der Waals surface area contributed by atoms with E-state index in [4.69, 9.17) is 9.47 Å². The standard InChI is InChI=1S/C20H28BrFN2O6S/c1-20(2,3)30-19(26)24-13-18(25)23(12-15(24)5-8-31(4,27)28)16-9-14(21)10-17(11-16)29-7-6-22/h9-11,15H,5-8,12-13H2,1-4H3. The lowest BCUT2D eigenvalue weighted by Crippen LogP contribution is -2.59. The lowest BCUT2D eigenvalue weighted by atomic mass is 10.1. The molecule has 8 nitrogen and oxygen atoms in total. The lowest BCUT2D eigenvalue weighted by Gasteiger charge is -2.41. The van der Waals surface area contributed by atoms with Crippen LogP contribution in [0.4, 0.5) is 14.9 Å². The van der Waals surface area contributed by atoms with Crippen LogP contribution in [0.1, 0.15) is 27.2 Å². The Morgan fingerprint density at radius 2 is 1.97 bits per heavy atom. The first-order valence-electron chi connectivity index (χ1n) is 9.76. The molecule has 0 aromatic heterocycles. The van der Waals surface area contributed by atoms with Crippen LogP contribution in [-0.2, 0) is 19.4 Å². The highest BCUT2D eigenvalue weighted by Gasteiger charge is 2.38. The van der Waals surface area contributed by atoms with Crippen molar-refractivity contribution in [2.24, 2.45) is 0 Å². The number of nitrogens with zero attached hydrogens (tertiary/aromatic N) is 2. The van der Waals surface area contributed by atoms with Crippen LogP contribution in [0, 0.1) is 0 Å². The van der Waals surface area contributed by atoms with Gasteiger partial charge in [0, 0.05) is 29.0 Å². The van der Waals surface area contributed by atoms with Crippen molar-refractivity contribution >= 4 is 43.5 Å². The molecule has 2 amide bonds. The number of rotatable bonds is 7. The van der Waals surface area contributed by atoms with E-state index in [1.54, 1.807) is 39.0 Å². The van der Waals surface area contributed by atoms with Gasteiger partial charge in [0.25, 0.3) is 0 Å². The van der Waals surface area contributed by atoms with Crippen molar-refractivity contribution in [1.29, 1.82) is 0 Å². The molecule has 0 radical (unpaired) electrons. The number of sulfone groups is 1. The van der Waals surface area contributed by atoms with Gasteiger partial charge in [-0.1, -0.05) is 15.9 Å². The number of amides is 2. The van der Waals surface area contributed by atoms with E-state index in [2.05, 4.69) is 15.9 Å². The predicted molar refractivity (Wildman–Crippen MR) is 119 cm³/mol. The fourth-order valence-corrected chi connectivity index (χ4v) is 4.26. The first-order valence-corrected chi connectivity index (χ1v) is 12.6. The van der Waals surface area contributed by atoms with Crippen LogP contribution in [0.5, 0.6) is 5.75 Å². The molecule has 1 atom stereocenters. The van der Waals surface area contributed by atoms with Gasteiger partial charge in [-0.15, -0.1) is 0 Å². The summed E-state index contributed by atoms with van der Waals surface area (Å²) < 4.78 is 47.3. The average Bonchev–Trinajstić information content (AvgIpc) is 2.62. The molecule has 0 bridgehead atoms. The highest BCUT2D eigenvalue weighted by Crippen LogP contribution is 2.30. The van der Waals surface area contributed by atoms with Crippen LogP contribution in [0.25, 0.3) is 0 Å². The summed E-state index contributed by atoms with van der Waals surface area (Å²) >= 11 is 3.36. The van der Waals surface area contributed by atoms with Crippen LogP contribution >= 0.6 is 15.9 Å². The maximum Gasteiger partial charge on any atom is 0.411 e. The second-order valence-corrected chi connectivity index (χ2v) is 11.5. The van der Waals surface area contributed by atoms with Gasteiger partial charge < -0.3 is 14.4 Å². The topological polar surface area (TPSA) is 93.2 Å². The maximum atomic E-state index is 12.9. The number of piperazine rings is 1. The number of hydrogen-bond donors (Lipinski definition) is 0. The van der Waals surface area contributed by atoms with Crippen molar-refractivity contribution in [1.82, 2.24) is 4.90 Å². The van der Waals surface area contributed by atoms with Gasteiger partial charge in [-0.2, -0.15) is 0 Å². The van der Waals surface area contributed by atoms with Gasteiger partial charge in [-0.05, 0) is 39.3 Å². The van der Waals surface area contributed by atoms with Crippen molar-refractivity contribution in [2.75, 3.05) is 43.3 Å². The molecule has 1 fully saturated rings. The summed E-state index contributed by atoms with van der Waals surface area (Å²) in [5.41, 5.74) is -0.257. The Kier molecular flexibility index (Phi) is 8.32. The Bertz CT molecular complexity index is 919. The Labute approximate surface area is 190 Å². The Morgan fingerprint density at radius 3 is 2.55 bits per heavy atom. The molecule has 0 saturated carbocycles. The molecule has 0 spiro atoms. The largest absolute Gasteiger partial charge is 0.491 e. The third kappa shape index (κ3) is 7.95. The van der Waals surface area contributed by atoms with E-state index in [9.17, 15) is 22.4 Å². The normalized spacial score (nSPS) is 17.6. The summed E-state index contributed by atoms with van der Waals surface area (Å²) in [6, 6.07) is 4.41. The predicted octanol–water partition coefficient (Wildman–Crippen LogP) is 3.18.